The Morgan fingerprint density at radius 2 is 2.40 bits per heavy atom. The van der Waals surface area contributed by atoms with Crippen molar-refractivity contribution in [2.75, 3.05) is 12.9 Å². The van der Waals surface area contributed by atoms with Gasteiger partial charge >= 0.3 is 0 Å². The minimum absolute atomic E-state index is 0.236. The van der Waals surface area contributed by atoms with Crippen LogP contribution in [0.15, 0.2) is 23.2 Å². The average molecular weight is 310 g/mol. The molecule has 0 radical (unpaired) electrons. The Morgan fingerprint density at radius 1 is 1.50 bits per heavy atom. The predicted molar refractivity (Wildman–Crippen MR) is 76.0 cm³/mol. The van der Waals surface area contributed by atoms with E-state index in [1.54, 1.807) is 37.1 Å². The van der Waals surface area contributed by atoms with Gasteiger partial charge in [0.05, 0.1) is 16.0 Å². The first-order valence-electron chi connectivity index (χ1n) is 5.90. The highest BCUT2D eigenvalue weighted by Crippen LogP contribution is 2.43. The molecule has 1 N–H and O–H groups in total. The van der Waals surface area contributed by atoms with Crippen molar-refractivity contribution in [3.8, 4) is 5.75 Å². The summed E-state index contributed by atoms with van der Waals surface area (Å²) in [5.74, 6) is 0.877. The summed E-state index contributed by atoms with van der Waals surface area (Å²) in [7, 11) is 1.56. The molecule has 6 nitrogen and oxygen atoms in total. The molecule has 1 aromatic heterocycles. The van der Waals surface area contributed by atoms with Crippen molar-refractivity contribution in [1.82, 2.24) is 4.98 Å². The van der Waals surface area contributed by atoms with E-state index in [1.807, 2.05) is 0 Å². The molecule has 2 aliphatic heterocycles. The molecule has 1 saturated heterocycles. The summed E-state index contributed by atoms with van der Waals surface area (Å²) in [5.41, 5.74) is 0.107. The maximum Gasteiger partial charge on any atom is 0.256 e. The summed E-state index contributed by atoms with van der Waals surface area (Å²) < 4.78 is 6.09. The molecule has 1 spiro atoms. The van der Waals surface area contributed by atoms with Crippen LogP contribution in [-0.4, -0.2) is 40.0 Å². The van der Waals surface area contributed by atoms with Gasteiger partial charge in [0, 0.05) is 7.11 Å². The largest absolute Gasteiger partial charge is 0.508 e. The minimum Gasteiger partial charge on any atom is -0.508 e. The van der Waals surface area contributed by atoms with E-state index < -0.39 is 12.0 Å². The molecule has 2 atom stereocenters. The van der Waals surface area contributed by atoms with E-state index in [9.17, 15) is 5.11 Å². The predicted octanol–water partition coefficient (Wildman–Crippen LogP) is 2.13. The standard InChI is InChI=1S/C12H10N2O4S2/c1-16-11-12(18-17-11)5-19-10(14-12)9-13-7-3-2-6(15)4-8(7)20-9/h2-4,11,15H,5H2,1H3. The highest BCUT2D eigenvalue weighted by atomic mass is 32.2. The van der Waals surface area contributed by atoms with Crippen LogP contribution in [0.4, 0.5) is 0 Å². The van der Waals surface area contributed by atoms with Gasteiger partial charge in [-0.05, 0) is 18.2 Å². The zero-order chi connectivity index (χ0) is 13.7. The monoisotopic (exact) mass is 310 g/mol. The fourth-order valence-corrected chi connectivity index (χ4v) is 4.27. The van der Waals surface area contributed by atoms with Crippen LogP contribution in [0, 0.1) is 0 Å². The number of aromatic nitrogens is 1. The van der Waals surface area contributed by atoms with Crippen LogP contribution in [0.25, 0.3) is 10.2 Å². The Balaban J connectivity index is 1.71. The zero-order valence-corrected chi connectivity index (χ0v) is 12.0. The molecular weight excluding hydrogens is 300 g/mol. The number of thiazole rings is 1. The Morgan fingerprint density at radius 3 is 3.15 bits per heavy atom. The zero-order valence-electron chi connectivity index (χ0n) is 10.4. The van der Waals surface area contributed by atoms with Gasteiger partial charge < -0.3 is 9.84 Å². The normalized spacial score (nSPS) is 28.9. The summed E-state index contributed by atoms with van der Waals surface area (Å²) in [6, 6.07) is 5.12. The highest BCUT2D eigenvalue weighted by Gasteiger charge is 2.56. The third-order valence-corrected chi connectivity index (χ3v) is 5.39. The molecule has 1 aromatic carbocycles. The van der Waals surface area contributed by atoms with E-state index in [-0.39, 0.29) is 5.75 Å². The molecule has 104 valence electrons. The van der Waals surface area contributed by atoms with Gasteiger partial charge in [-0.2, -0.15) is 9.78 Å². The van der Waals surface area contributed by atoms with Gasteiger partial charge in [0.25, 0.3) is 5.72 Å². The number of hydrogen-bond acceptors (Lipinski definition) is 8. The first-order valence-corrected chi connectivity index (χ1v) is 7.70. The highest BCUT2D eigenvalue weighted by molar-refractivity contribution is 8.15. The molecular formula is C12H10N2O4S2. The van der Waals surface area contributed by atoms with Crippen molar-refractivity contribution in [2.45, 2.75) is 12.0 Å². The summed E-state index contributed by atoms with van der Waals surface area (Å²) in [5, 5.41) is 11.1. The summed E-state index contributed by atoms with van der Waals surface area (Å²) in [6.45, 7) is 0. The van der Waals surface area contributed by atoms with E-state index in [0.29, 0.717) is 5.75 Å². The van der Waals surface area contributed by atoms with Gasteiger partial charge in [0.2, 0.25) is 6.29 Å². The van der Waals surface area contributed by atoms with Crippen molar-refractivity contribution < 1.29 is 19.6 Å². The quantitative estimate of drug-likeness (QED) is 0.857. The lowest BCUT2D eigenvalue weighted by molar-refractivity contribution is -0.549. The molecule has 0 bridgehead atoms. The third kappa shape index (κ3) is 1.76. The van der Waals surface area contributed by atoms with Crippen LogP contribution in [-0.2, 0) is 14.5 Å². The second kappa shape index (κ2) is 4.40. The van der Waals surface area contributed by atoms with Gasteiger partial charge in [-0.15, -0.1) is 11.3 Å². The molecule has 2 aromatic rings. The molecule has 0 amide bonds. The number of phenols is 1. The Kier molecular flexibility index (Phi) is 2.76. The van der Waals surface area contributed by atoms with Crippen LogP contribution in [0.1, 0.15) is 5.01 Å². The maximum absolute atomic E-state index is 9.49. The number of fused-ring (bicyclic) bond motifs is 1. The maximum atomic E-state index is 9.49. The number of thioether (sulfide) groups is 1. The molecule has 8 heteroatoms. The molecule has 1 fully saturated rings. The van der Waals surface area contributed by atoms with Crippen LogP contribution < -0.4 is 0 Å². The smallest absolute Gasteiger partial charge is 0.256 e. The molecule has 0 aliphatic carbocycles. The number of hydrogen-bond donors (Lipinski definition) is 1. The van der Waals surface area contributed by atoms with E-state index in [1.165, 1.54) is 11.3 Å². The van der Waals surface area contributed by atoms with Gasteiger partial charge in [0.1, 0.15) is 15.8 Å². The van der Waals surface area contributed by atoms with Crippen molar-refractivity contribution in [1.29, 1.82) is 0 Å². The number of rotatable bonds is 2. The van der Waals surface area contributed by atoms with Crippen LogP contribution >= 0.6 is 23.1 Å². The first-order chi connectivity index (χ1) is 9.70. The van der Waals surface area contributed by atoms with Crippen molar-refractivity contribution >= 4 is 38.4 Å². The first kappa shape index (κ1) is 12.5. The van der Waals surface area contributed by atoms with Crippen molar-refractivity contribution in [3.05, 3.63) is 23.2 Å². The third-order valence-electron chi connectivity index (χ3n) is 3.12. The topological polar surface area (TPSA) is 73.2 Å². The summed E-state index contributed by atoms with van der Waals surface area (Å²) in [6.07, 6.45) is -0.467. The van der Waals surface area contributed by atoms with E-state index in [4.69, 9.17) is 14.5 Å². The van der Waals surface area contributed by atoms with Gasteiger partial charge in [-0.3, -0.25) is 0 Å². The van der Waals surface area contributed by atoms with Gasteiger partial charge in [-0.1, -0.05) is 11.8 Å². The second-order valence-electron chi connectivity index (χ2n) is 4.47. The van der Waals surface area contributed by atoms with Crippen LogP contribution in [0.3, 0.4) is 0 Å². The lowest BCUT2D eigenvalue weighted by Crippen LogP contribution is -2.56. The van der Waals surface area contributed by atoms with Crippen molar-refractivity contribution in [2.24, 2.45) is 4.99 Å². The number of aromatic hydroxyl groups is 1. The molecule has 3 heterocycles. The number of methoxy groups -OCH3 is 1. The van der Waals surface area contributed by atoms with Gasteiger partial charge in [-0.25, -0.2) is 9.98 Å². The lowest BCUT2D eigenvalue weighted by Gasteiger charge is -2.39. The fraction of sp³-hybridized carbons (Fsp3) is 0.333. The van der Waals surface area contributed by atoms with Crippen LogP contribution in [0.2, 0.25) is 0 Å². The molecule has 4 rings (SSSR count). The summed E-state index contributed by atoms with van der Waals surface area (Å²) in [4.78, 5) is 19.1. The Bertz CT molecular complexity index is 715. The minimum atomic E-state index is -0.741. The lowest BCUT2D eigenvalue weighted by atomic mass is 10.2. The van der Waals surface area contributed by atoms with Crippen LogP contribution in [0.5, 0.6) is 5.75 Å². The Labute approximate surface area is 122 Å². The van der Waals surface area contributed by atoms with Gasteiger partial charge in [0.15, 0.2) is 0 Å². The molecule has 2 aliphatic rings. The number of phenolic OH excluding ortho intramolecular Hbond substituents is 1. The second-order valence-corrected chi connectivity index (χ2v) is 6.46. The fourth-order valence-electron chi connectivity index (χ4n) is 2.11. The SMILES string of the molecule is COC1OOC12CSC(c1nc3ccc(O)cc3s1)=N2. The number of ether oxygens (including phenoxy) is 1. The number of nitrogens with zero attached hydrogens (tertiary/aromatic N) is 2. The van der Waals surface area contributed by atoms with E-state index in [2.05, 4.69) is 9.98 Å². The molecule has 2 unspecified atom stereocenters. The average Bonchev–Trinajstić information content (AvgIpc) is 3.02. The molecule has 20 heavy (non-hydrogen) atoms. The summed E-state index contributed by atoms with van der Waals surface area (Å²) >= 11 is 3.06. The van der Waals surface area contributed by atoms with E-state index >= 15 is 0 Å². The number of aliphatic imine (C=N–C) groups is 1. The van der Waals surface area contributed by atoms with E-state index in [0.717, 1.165) is 20.3 Å². The molecule has 0 saturated carbocycles. The Hall–Kier alpha value is -1.19. The number of benzene rings is 1. The van der Waals surface area contributed by atoms with Crippen molar-refractivity contribution in [3.63, 3.8) is 0 Å².